The Labute approximate surface area is 254 Å². The molecule has 3 amide bonds. The Bertz CT molecular complexity index is 1630. The number of likely N-dealkylation sites (tertiary alicyclic amines) is 1. The van der Waals surface area contributed by atoms with Gasteiger partial charge in [0.05, 0.1) is 32.3 Å². The van der Waals surface area contributed by atoms with E-state index in [1.165, 1.54) is 21.8 Å². The molecule has 0 bridgehead atoms. The first-order valence-electron chi connectivity index (χ1n) is 14.3. The number of rotatable bonds is 7. The molecule has 2 aromatic carbocycles. The van der Waals surface area contributed by atoms with Crippen LogP contribution in [0.1, 0.15) is 65.2 Å². The van der Waals surface area contributed by atoms with Crippen LogP contribution >= 0.6 is 11.3 Å². The number of ether oxygens (including phenoxy) is 2. The van der Waals surface area contributed by atoms with Crippen molar-refractivity contribution in [1.82, 2.24) is 15.5 Å². The second-order valence-electron chi connectivity index (χ2n) is 11.8. The van der Waals surface area contributed by atoms with Gasteiger partial charge in [0.1, 0.15) is 11.9 Å². The Hall–Kier alpha value is -4.06. The molecular weight excluding hydrogens is 566 g/mol. The van der Waals surface area contributed by atoms with Gasteiger partial charge in [0.2, 0.25) is 11.8 Å². The maximum atomic E-state index is 13.5. The smallest absolute Gasteiger partial charge is 0.251 e. The normalized spacial score (nSPS) is 20.0. The molecule has 2 saturated heterocycles. The van der Waals surface area contributed by atoms with Gasteiger partial charge in [0.15, 0.2) is 5.79 Å². The average Bonchev–Trinajstić information content (AvgIpc) is 3.78. The highest BCUT2D eigenvalue weighted by Crippen LogP contribution is 2.48. The second kappa shape index (κ2) is 10.9. The highest BCUT2D eigenvalue weighted by Gasteiger charge is 2.52. The molecule has 0 radical (unpaired) electrons. The van der Waals surface area contributed by atoms with Gasteiger partial charge < -0.3 is 30.7 Å². The first kappa shape index (κ1) is 29.0. The van der Waals surface area contributed by atoms with E-state index in [0.717, 1.165) is 21.6 Å². The van der Waals surface area contributed by atoms with Crippen LogP contribution < -0.4 is 16.4 Å². The molecule has 0 unspecified atom stereocenters. The molecule has 224 valence electrons. The van der Waals surface area contributed by atoms with Crippen LogP contribution in [-0.4, -0.2) is 66.6 Å². The minimum absolute atomic E-state index is 0.0401. The number of amides is 3. The molecule has 43 heavy (non-hydrogen) atoms. The van der Waals surface area contributed by atoms with E-state index in [9.17, 15) is 14.4 Å². The summed E-state index contributed by atoms with van der Waals surface area (Å²) in [6.07, 6.45) is 0.189. The summed E-state index contributed by atoms with van der Waals surface area (Å²) in [4.78, 5) is 42.5. The molecule has 2 atom stereocenters. The van der Waals surface area contributed by atoms with Crippen molar-refractivity contribution in [3.63, 3.8) is 0 Å². The maximum absolute atomic E-state index is 13.5. The van der Waals surface area contributed by atoms with Gasteiger partial charge in [-0.05, 0) is 47.4 Å². The number of carbonyl (C=O) groups is 3. The lowest BCUT2D eigenvalue weighted by atomic mass is 9.82. The molecule has 6 rings (SSSR count). The van der Waals surface area contributed by atoms with Crippen molar-refractivity contribution >= 4 is 34.9 Å². The first-order valence-corrected chi connectivity index (χ1v) is 15.2. The van der Waals surface area contributed by atoms with E-state index in [-0.39, 0.29) is 48.6 Å². The highest BCUT2D eigenvalue weighted by atomic mass is 32.1. The van der Waals surface area contributed by atoms with E-state index in [1.54, 1.807) is 17.5 Å². The molecule has 1 aromatic heterocycles. The van der Waals surface area contributed by atoms with Crippen molar-refractivity contribution in [1.29, 1.82) is 5.41 Å². The second-order valence-corrected chi connectivity index (χ2v) is 12.8. The molecule has 3 aromatic rings. The monoisotopic (exact) mass is 601 g/mol. The van der Waals surface area contributed by atoms with Gasteiger partial charge in [-0.1, -0.05) is 44.2 Å². The minimum Gasteiger partial charge on any atom is -0.384 e. The fourth-order valence-electron chi connectivity index (χ4n) is 6.36. The summed E-state index contributed by atoms with van der Waals surface area (Å²) in [6, 6.07) is 14.4. The lowest BCUT2D eigenvalue weighted by Crippen LogP contribution is -2.49. The molecular formula is C32H35N5O5S. The van der Waals surface area contributed by atoms with Crippen LogP contribution in [0.3, 0.4) is 0 Å². The Morgan fingerprint density at radius 2 is 1.79 bits per heavy atom. The van der Waals surface area contributed by atoms with Crippen molar-refractivity contribution in [2.75, 3.05) is 26.3 Å². The zero-order valence-corrected chi connectivity index (χ0v) is 25.2. The van der Waals surface area contributed by atoms with Crippen molar-refractivity contribution < 1.29 is 23.9 Å². The standard InChI is InChI=1S/C32H35N5O5S/c1-18(26-13-20(16-43-26)28(33)34)36-30(40)25-14-32(41-10-11-42-32)17-37(25)27(38)15-35-29(39)19-8-9-24-22(12-19)21-6-4-5-7-23(21)31(24,2)3/h4-9,12-13,16,18,25H,10-11,14-15,17H2,1-3H3,(H3,33,34)(H,35,39)(H,36,40)/t18-,25+/m1/s1. The van der Waals surface area contributed by atoms with E-state index in [2.05, 4.69) is 36.6 Å². The Morgan fingerprint density at radius 1 is 1.07 bits per heavy atom. The van der Waals surface area contributed by atoms with E-state index in [4.69, 9.17) is 20.6 Å². The molecule has 2 fully saturated rings. The van der Waals surface area contributed by atoms with Crippen molar-refractivity contribution in [3.8, 4) is 11.1 Å². The maximum Gasteiger partial charge on any atom is 0.251 e. The lowest BCUT2D eigenvalue weighted by Gasteiger charge is -2.25. The van der Waals surface area contributed by atoms with Crippen LogP contribution in [0.15, 0.2) is 53.9 Å². The van der Waals surface area contributed by atoms with Gasteiger partial charge in [-0.2, -0.15) is 0 Å². The fourth-order valence-corrected chi connectivity index (χ4v) is 7.28. The summed E-state index contributed by atoms with van der Waals surface area (Å²) in [5.41, 5.74) is 11.0. The summed E-state index contributed by atoms with van der Waals surface area (Å²) < 4.78 is 11.7. The predicted octanol–water partition coefficient (Wildman–Crippen LogP) is 3.29. The zero-order valence-electron chi connectivity index (χ0n) is 24.4. The summed E-state index contributed by atoms with van der Waals surface area (Å²) in [7, 11) is 0. The lowest BCUT2D eigenvalue weighted by molar-refractivity contribution is -0.152. The quantitative estimate of drug-likeness (QED) is 0.241. The molecule has 1 spiro atoms. The van der Waals surface area contributed by atoms with Crippen LogP contribution in [0.5, 0.6) is 0 Å². The van der Waals surface area contributed by atoms with Gasteiger partial charge in [-0.3, -0.25) is 19.8 Å². The van der Waals surface area contributed by atoms with Crippen LogP contribution in [0.2, 0.25) is 0 Å². The SMILES string of the molecule is C[C@@H](NC(=O)[C@@H]1CC2(CN1C(=O)CNC(=O)c1ccc3c(c1)-c1ccccc1C3(C)C)OCCO2)c1cc(C(=N)N)cs1. The van der Waals surface area contributed by atoms with Gasteiger partial charge in [0, 0.05) is 33.2 Å². The number of nitrogens with two attached hydrogens (primary N) is 1. The molecule has 5 N–H and O–H groups in total. The summed E-state index contributed by atoms with van der Waals surface area (Å²) in [5.74, 6) is -2.20. The first-order chi connectivity index (χ1) is 20.5. The summed E-state index contributed by atoms with van der Waals surface area (Å²) in [5, 5.41) is 15.1. The topological polar surface area (TPSA) is 147 Å². The third-order valence-electron chi connectivity index (χ3n) is 8.69. The number of nitrogens with zero attached hydrogens (tertiary/aromatic N) is 1. The number of carbonyl (C=O) groups excluding carboxylic acids is 3. The molecule has 3 heterocycles. The molecule has 3 aliphatic rings. The van der Waals surface area contributed by atoms with E-state index in [0.29, 0.717) is 24.3 Å². The van der Waals surface area contributed by atoms with E-state index < -0.39 is 17.7 Å². The third-order valence-corrected chi connectivity index (χ3v) is 9.81. The van der Waals surface area contributed by atoms with Gasteiger partial charge in [-0.15, -0.1) is 11.3 Å². The molecule has 0 saturated carbocycles. The number of nitrogen functional groups attached to an aromatic ring is 1. The Kier molecular flexibility index (Phi) is 7.35. The predicted molar refractivity (Wildman–Crippen MR) is 163 cm³/mol. The summed E-state index contributed by atoms with van der Waals surface area (Å²) in [6.45, 7) is 6.76. The number of nitrogens with one attached hydrogen (secondary N) is 3. The molecule has 1 aliphatic carbocycles. The van der Waals surface area contributed by atoms with E-state index >= 15 is 0 Å². The number of hydrogen-bond acceptors (Lipinski definition) is 7. The largest absolute Gasteiger partial charge is 0.384 e. The number of amidine groups is 1. The Morgan fingerprint density at radius 3 is 2.51 bits per heavy atom. The van der Waals surface area contributed by atoms with Gasteiger partial charge >= 0.3 is 0 Å². The van der Waals surface area contributed by atoms with Crippen LogP contribution in [0.25, 0.3) is 11.1 Å². The van der Waals surface area contributed by atoms with Crippen molar-refractivity contribution in [2.45, 2.75) is 50.5 Å². The average molecular weight is 602 g/mol. The number of thiophene rings is 1. The Balaban J connectivity index is 1.15. The highest BCUT2D eigenvalue weighted by molar-refractivity contribution is 7.10. The number of fused-ring (bicyclic) bond motifs is 3. The number of hydrogen-bond donors (Lipinski definition) is 4. The molecule has 11 heteroatoms. The van der Waals surface area contributed by atoms with Crippen molar-refractivity contribution in [2.24, 2.45) is 5.73 Å². The third kappa shape index (κ3) is 5.21. The van der Waals surface area contributed by atoms with Crippen LogP contribution in [-0.2, 0) is 24.5 Å². The van der Waals surface area contributed by atoms with Crippen LogP contribution in [0, 0.1) is 5.41 Å². The van der Waals surface area contributed by atoms with Gasteiger partial charge in [0.25, 0.3) is 5.91 Å². The summed E-state index contributed by atoms with van der Waals surface area (Å²) >= 11 is 1.40. The molecule has 10 nitrogen and oxygen atoms in total. The zero-order chi connectivity index (χ0) is 30.5. The minimum atomic E-state index is -1.05. The fraction of sp³-hybridized carbons (Fsp3) is 0.375. The van der Waals surface area contributed by atoms with E-state index in [1.807, 2.05) is 31.2 Å². The van der Waals surface area contributed by atoms with Gasteiger partial charge in [-0.25, -0.2) is 0 Å². The van der Waals surface area contributed by atoms with Crippen LogP contribution in [0.4, 0.5) is 0 Å². The van der Waals surface area contributed by atoms with Crippen molar-refractivity contribution in [3.05, 3.63) is 81.0 Å². The molecule has 2 aliphatic heterocycles. The number of benzene rings is 2.